The standard InChI is InChI=1S/C19H18N2O6S/c1-3-20-15-10-13(25-2)8-9-17(15)27-18(20)11-19-21(12-28(22,23)24)14-6-4-5-7-16(14)26-19/h4-11H,3,12H2,1-2H3/p+1. The van der Waals surface area contributed by atoms with Gasteiger partial charge < -0.3 is 18.8 Å². The smallest absolute Gasteiger partial charge is 0.380 e. The quantitative estimate of drug-likeness (QED) is 0.517. The van der Waals surface area contributed by atoms with Crippen molar-refractivity contribution >= 4 is 33.0 Å². The fourth-order valence-corrected chi connectivity index (χ4v) is 3.80. The van der Waals surface area contributed by atoms with Crippen LogP contribution in [0.2, 0.25) is 0 Å². The number of nitrogens with zero attached hydrogens (tertiary/aromatic N) is 2. The summed E-state index contributed by atoms with van der Waals surface area (Å²) in [6, 6.07) is 12.5. The average Bonchev–Trinajstić information content (AvgIpc) is 3.17. The van der Waals surface area contributed by atoms with Crippen LogP contribution >= 0.6 is 0 Å². The van der Waals surface area contributed by atoms with Crippen LogP contribution in [0.3, 0.4) is 0 Å². The van der Waals surface area contributed by atoms with Gasteiger partial charge >= 0.3 is 16.0 Å². The molecule has 0 spiro atoms. The summed E-state index contributed by atoms with van der Waals surface area (Å²) in [5.41, 5.74) is 1.89. The number of benzene rings is 2. The highest BCUT2D eigenvalue weighted by molar-refractivity contribution is 7.84. The van der Waals surface area contributed by atoms with Crippen LogP contribution in [0.25, 0.3) is 17.2 Å². The van der Waals surface area contributed by atoms with E-state index in [1.807, 2.05) is 24.0 Å². The predicted octanol–water partition coefficient (Wildman–Crippen LogP) is 2.79. The first-order valence-corrected chi connectivity index (χ1v) is 10.2. The number of ether oxygens (including phenoxy) is 2. The van der Waals surface area contributed by atoms with Crippen molar-refractivity contribution in [3.63, 3.8) is 0 Å². The summed E-state index contributed by atoms with van der Waals surface area (Å²) in [5, 5.41) is 0. The molecule has 0 amide bonds. The molecular formula is C19H19N2O6S+. The molecule has 28 heavy (non-hydrogen) atoms. The Labute approximate surface area is 162 Å². The monoisotopic (exact) mass is 403 g/mol. The Morgan fingerprint density at radius 1 is 1.25 bits per heavy atom. The van der Waals surface area contributed by atoms with Gasteiger partial charge in [0.1, 0.15) is 11.8 Å². The number of para-hydroxylation sites is 2. The van der Waals surface area contributed by atoms with Gasteiger partial charge in [-0.25, -0.2) is 0 Å². The highest BCUT2D eigenvalue weighted by Crippen LogP contribution is 2.41. The molecule has 146 valence electrons. The zero-order chi connectivity index (χ0) is 19.9. The first-order valence-electron chi connectivity index (χ1n) is 8.61. The minimum atomic E-state index is -4.27. The van der Waals surface area contributed by atoms with Crippen molar-refractivity contribution in [2.75, 3.05) is 18.6 Å². The lowest BCUT2D eigenvalue weighted by Crippen LogP contribution is -2.39. The SMILES string of the molecule is CCN1C(=Cc2oc3ccccc3[n+]2CS(=O)(=O)O)Oc2ccc(OC)cc21. The molecule has 0 fully saturated rings. The zero-order valence-electron chi connectivity index (χ0n) is 15.3. The molecule has 1 aliphatic rings. The molecule has 1 aromatic heterocycles. The van der Waals surface area contributed by atoms with E-state index in [-0.39, 0.29) is 5.89 Å². The van der Waals surface area contributed by atoms with Gasteiger partial charge in [0.25, 0.3) is 11.4 Å². The van der Waals surface area contributed by atoms with E-state index < -0.39 is 16.0 Å². The summed E-state index contributed by atoms with van der Waals surface area (Å²) < 4.78 is 50.8. The van der Waals surface area contributed by atoms with E-state index in [0.717, 1.165) is 5.69 Å². The molecule has 3 aromatic rings. The maximum absolute atomic E-state index is 11.5. The van der Waals surface area contributed by atoms with Crippen LogP contribution in [0.4, 0.5) is 5.69 Å². The number of methoxy groups -OCH3 is 1. The molecule has 1 N–H and O–H groups in total. The van der Waals surface area contributed by atoms with Crippen LogP contribution in [0.15, 0.2) is 52.8 Å². The van der Waals surface area contributed by atoms with Crippen LogP contribution in [0.1, 0.15) is 12.8 Å². The molecule has 0 atom stereocenters. The van der Waals surface area contributed by atoms with Crippen LogP contribution in [-0.4, -0.2) is 26.6 Å². The van der Waals surface area contributed by atoms with Crippen LogP contribution < -0.4 is 18.9 Å². The summed E-state index contributed by atoms with van der Waals surface area (Å²) in [7, 11) is -2.68. The molecule has 9 heteroatoms. The molecule has 1 aliphatic heterocycles. The molecule has 4 rings (SSSR count). The summed E-state index contributed by atoms with van der Waals surface area (Å²) >= 11 is 0. The first-order chi connectivity index (χ1) is 13.4. The van der Waals surface area contributed by atoms with Crippen molar-refractivity contribution in [1.29, 1.82) is 0 Å². The molecular weight excluding hydrogens is 384 g/mol. The Balaban J connectivity index is 1.82. The van der Waals surface area contributed by atoms with Crippen molar-refractivity contribution in [2.24, 2.45) is 0 Å². The second kappa shape index (κ2) is 6.84. The number of hydrogen-bond donors (Lipinski definition) is 1. The molecule has 0 aliphatic carbocycles. The van der Waals surface area contributed by atoms with E-state index in [9.17, 15) is 13.0 Å². The Morgan fingerprint density at radius 3 is 2.75 bits per heavy atom. The van der Waals surface area contributed by atoms with Gasteiger partial charge in [0.2, 0.25) is 11.5 Å². The van der Waals surface area contributed by atoms with Gasteiger partial charge in [-0.2, -0.15) is 8.42 Å². The number of rotatable bonds is 5. The van der Waals surface area contributed by atoms with Crippen molar-refractivity contribution in [3.05, 3.63) is 54.2 Å². The molecule has 2 aromatic carbocycles. The van der Waals surface area contributed by atoms with E-state index >= 15 is 0 Å². The molecule has 8 nitrogen and oxygen atoms in total. The minimum Gasteiger partial charge on any atom is -0.497 e. The predicted molar refractivity (Wildman–Crippen MR) is 103 cm³/mol. The van der Waals surface area contributed by atoms with Crippen molar-refractivity contribution < 1.29 is 31.4 Å². The van der Waals surface area contributed by atoms with Crippen LogP contribution in [-0.2, 0) is 16.0 Å². The minimum absolute atomic E-state index is 0.243. The van der Waals surface area contributed by atoms with Crippen molar-refractivity contribution in [3.8, 4) is 11.5 Å². The lowest BCUT2D eigenvalue weighted by atomic mass is 10.2. The van der Waals surface area contributed by atoms with E-state index in [1.54, 1.807) is 43.5 Å². The third-order valence-electron chi connectivity index (χ3n) is 4.43. The largest absolute Gasteiger partial charge is 0.497 e. The first kappa shape index (κ1) is 18.3. The number of hydrogen-bond acceptors (Lipinski definition) is 6. The highest BCUT2D eigenvalue weighted by Gasteiger charge is 2.31. The summed E-state index contributed by atoms with van der Waals surface area (Å²) in [6.45, 7) is 2.58. The van der Waals surface area contributed by atoms with E-state index in [0.29, 0.717) is 35.0 Å². The normalized spacial score (nSPS) is 15.1. The molecule has 2 heterocycles. The van der Waals surface area contributed by atoms with E-state index in [4.69, 9.17) is 13.9 Å². The lowest BCUT2D eigenvalue weighted by Gasteiger charge is -2.15. The topological polar surface area (TPSA) is 93.1 Å². The maximum atomic E-state index is 11.5. The Morgan fingerprint density at radius 2 is 2.04 bits per heavy atom. The van der Waals surface area contributed by atoms with Gasteiger partial charge in [-0.05, 0) is 25.1 Å². The second-order valence-corrected chi connectivity index (χ2v) is 7.63. The fraction of sp³-hybridized carbons (Fsp3) is 0.211. The third kappa shape index (κ3) is 3.30. The number of fused-ring (bicyclic) bond motifs is 2. The number of anilines is 1. The fourth-order valence-electron chi connectivity index (χ4n) is 3.20. The molecule has 0 saturated heterocycles. The summed E-state index contributed by atoms with van der Waals surface area (Å²) in [5.74, 6) is 1.45. The van der Waals surface area contributed by atoms with Gasteiger partial charge in [-0.15, -0.1) is 4.57 Å². The van der Waals surface area contributed by atoms with Crippen molar-refractivity contribution in [2.45, 2.75) is 12.8 Å². The highest BCUT2D eigenvalue weighted by atomic mass is 32.2. The Hall–Kier alpha value is -3.04. The molecule has 0 unspecified atom stereocenters. The van der Waals surface area contributed by atoms with Crippen LogP contribution in [0.5, 0.6) is 11.5 Å². The lowest BCUT2D eigenvalue weighted by molar-refractivity contribution is -0.658. The Kier molecular flexibility index (Phi) is 4.48. The number of oxazole rings is 1. The zero-order valence-corrected chi connectivity index (χ0v) is 16.1. The van der Waals surface area contributed by atoms with Gasteiger partial charge in [0.15, 0.2) is 5.75 Å². The van der Waals surface area contributed by atoms with Crippen LogP contribution in [0, 0.1) is 0 Å². The van der Waals surface area contributed by atoms with E-state index in [1.165, 1.54) is 4.57 Å². The van der Waals surface area contributed by atoms with E-state index in [2.05, 4.69) is 0 Å². The molecule has 0 saturated carbocycles. The average molecular weight is 403 g/mol. The maximum Gasteiger partial charge on any atom is 0.380 e. The second-order valence-electron chi connectivity index (χ2n) is 6.21. The van der Waals surface area contributed by atoms with Gasteiger partial charge in [-0.3, -0.25) is 4.55 Å². The summed E-state index contributed by atoms with van der Waals surface area (Å²) in [6.07, 6.45) is 1.61. The molecule has 0 radical (unpaired) electrons. The third-order valence-corrected chi connectivity index (χ3v) is 5.01. The van der Waals surface area contributed by atoms with Crippen molar-refractivity contribution in [1.82, 2.24) is 0 Å². The summed E-state index contributed by atoms with van der Waals surface area (Å²) in [4.78, 5) is 1.92. The number of aromatic nitrogens is 1. The Bertz CT molecular complexity index is 1180. The van der Waals surface area contributed by atoms with Gasteiger partial charge in [0.05, 0.1) is 12.8 Å². The van der Waals surface area contributed by atoms with Gasteiger partial charge in [0, 0.05) is 18.7 Å². The molecule has 0 bridgehead atoms. The van der Waals surface area contributed by atoms with Gasteiger partial charge in [-0.1, -0.05) is 12.1 Å².